The van der Waals surface area contributed by atoms with Gasteiger partial charge >= 0.3 is 0 Å². The molecule has 0 aliphatic heterocycles. The van der Waals surface area contributed by atoms with Crippen molar-refractivity contribution < 1.29 is 4.39 Å². The molecule has 1 N–H and O–H groups in total. The van der Waals surface area contributed by atoms with Gasteiger partial charge in [-0.25, -0.2) is 9.37 Å². The monoisotopic (exact) mass is 190 g/mol. The van der Waals surface area contributed by atoms with Gasteiger partial charge in [-0.2, -0.15) is 0 Å². The van der Waals surface area contributed by atoms with Crippen LogP contribution in [0.4, 0.5) is 4.39 Å². The second kappa shape index (κ2) is 3.62. The van der Waals surface area contributed by atoms with E-state index in [1.807, 2.05) is 6.92 Å². The Morgan fingerprint density at radius 3 is 3.00 bits per heavy atom. The fourth-order valence-corrected chi connectivity index (χ4v) is 1.41. The third kappa shape index (κ3) is 1.82. The van der Waals surface area contributed by atoms with Crippen LogP contribution in [0.5, 0.6) is 0 Å². The normalized spacial score (nSPS) is 10.4. The number of benzene rings is 1. The van der Waals surface area contributed by atoms with Gasteiger partial charge in [0, 0.05) is 18.8 Å². The molecule has 3 heteroatoms. The predicted octanol–water partition coefficient (Wildman–Crippen LogP) is 2.45. The number of rotatable bonds is 2. The van der Waals surface area contributed by atoms with Gasteiger partial charge in [-0.15, -0.1) is 0 Å². The van der Waals surface area contributed by atoms with E-state index < -0.39 is 0 Å². The molecule has 1 aromatic carbocycles. The second-order valence-corrected chi connectivity index (χ2v) is 3.28. The zero-order valence-corrected chi connectivity index (χ0v) is 7.92. The Morgan fingerprint density at radius 1 is 1.43 bits per heavy atom. The maximum atomic E-state index is 12.9. The fourth-order valence-electron chi connectivity index (χ4n) is 1.41. The predicted molar refractivity (Wildman–Crippen MR) is 52.5 cm³/mol. The number of halogens is 1. The molecular weight excluding hydrogens is 179 g/mol. The summed E-state index contributed by atoms with van der Waals surface area (Å²) in [5.74, 6) is 0.663. The van der Waals surface area contributed by atoms with E-state index in [1.54, 1.807) is 24.5 Å². The summed E-state index contributed by atoms with van der Waals surface area (Å²) in [6.07, 6.45) is 4.12. The van der Waals surface area contributed by atoms with Crippen molar-refractivity contribution in [3.8, 4) is 0 Å². The Morgan fingerprint density at radius 2 is 2.29 bits per heavy atom. The number of aryl methyl sites for hydroxylation is 1. The molecule has 0 spiro atoms. The zero-order valence-electron chi connectivity index (χ0n) is 7.92. The van der Waals surface area contributed by atoms with Crippen molar-refractivity contribution in [3.63, 3.8) is 0 Å². The highest BCUT2D eigenvalue weighted by Gasteiger charge is 2.02. The lowest BCUT2D eigenvalue weighted by Crippen LogP contribution is -1.94. The summed E-state index contributed by atoms with van der Waals surface area (Å²) in [6, 6.07) is 4.81. The summed E-state index contributed by atoms with van der Waals surface area (Å²) in [4.78, 5) is 7.10. The van der Waals surface area contributed by atoms with Crippen molar-refractivity contribution >= 4 is 0 Å². The van der Waals surface area contributed by atoms with Gasteiger partial charge < -0.3 is 4.98 Å². The van der Waals surface area contributed by atoms with E-state index in [2.05, 4.69) is 9.97 Å². The molecule has 0 atom stereocenters. The molecule has 0 unspecified atom stereocenters. The smallest absolute Gasteiger partial charge is 0.123 e. The first kappa shape index (κ1) is 8.94. The molecular formula is C11H11FN2. The van der Waals surface area contributed by atoms with Gasteiger partial charge in [-0.05, 0) is 30.2 Å². The van der Waals surface area contributed by atoms with Crippen LogP contribution in [0.2, 0.25) is 0 Å². The lowest BCUT2D eigenvalue weighted by Gasteiger charge is -2.03. The molecule has 0 saturated heterocycles. The molecule has 0 aliphatic rings. The standard InChI is InChI=1S/C11H11FN2/c1-8-2-3-10(12)6-9(8)7-11-13-4-5-14-11/h2-6H,7H2,1H3,(H,13,14). The Hall–Kier alpha value is -1.64. The molecule has 1 aromatic heterocycles. The van der Waals surface area contributed by atoms with Crippen LogP contribution in [0.25, 0.3) is 0 Å². The molecule has 2 aromatic rings. The van der Waals surface area contributed by atoms with E-state index >= 15 is 0 Å². The Kier molecular flexibility index (Phi) is 2.31. The first-order valence-electron chi connectivity index (χ1n) is 4.49. The van der Waals surface area contributed by atoms with E-state index in [1.165, 1.54) is 6.07 Å². The van der Waals surface area contributed by atoms with E-state index in [0.717, 1.165) is 17.0 Å². The van der Waals surface area contributed by atoms with Gasteiger partial charge in [0.05, 0.1) is 0 Å². The average Bonchev–Trinajstić information content (AvgIpc) is 2.64. The molecule has 14 heavy (non-hydrogen) atoms. The highest BCUT2D eigenvalue weighted by molar-refractivity contribution is 5.28. The van der Waals surface area contributed by atoms with Gasteiger partial charge in [0.25, 0.3) is 0 Å². The molecule has 0 bridgehead atoms. The molecule has 1 heterocycles. The summed E-state index contributed by atoms with van der Waals surface area (Å²) >= 11 is 0. The van der Waals surface area contributed by atoms with Crippen LogP contribution in [0.1, 0.15) is 17.0 Å². The summed E-state index contributed by atoms with van der Waals surface area (Å²) in [5.41, 5.74) is 2.06. The van der Waals surface area contributed by atoms with E-state index in [4.69, 9.17) is 0 Å². The summed E-state index contributed by atoms with van der Waals surface area (Å²) in [6.45, 7) is 1.97. The van der Waals surface area contributed by atoms with Gasteiger partial charge in [0.1, 0.15) is 11.6 Å². The van der Waals surface area contributed by atoms with Crippen molar-refractivity contribution in [1.29, 1.82) is 0 Å². The van der Waals surface area contributed by atoms with Crippen LogP contribution in [-0.4, -0.2) is 9.97 Å². The number of nitrogens with zero attached hydrogens (tertiary/aromatic N) is 1. The van der Waals surface area contributed by atoms with E-state index in [9.17, 15) is 4.39 Å². The van der Waals surface area contributed by atoms with E-state index in [-0.39, 0.29) is 5.82 Å². The van der Waals surface area contributed by atoms with Gasteiger partial charge in [0.2, 0.25) is 0 Å². The van der Waals surface area contributed by atoms with E-state index in [0.29, 0.717) is 6.42 Å². The maximum absolute atomic E-state index is 12.9. The van der Waals surface area contributed by atoms with Gasteiger partial charge in [0.15, 0.2) is 0 Å². The molecule has 0 radical (unpaired) electrons. The molecule has 0 fully saturated rings. The Labute approximate surface area is 81.8 Å². The number of aromatic amines is 1. The minimum absolute atomic E-state index is 0.197. The summed E-state index contributed by atoms with van der Waals surface area (Å²) < 4.78 is 12.9. The number of imidazole rings is 1. The SMILES string of the molecule is Cc1ccc(F)cc1Cc1ncc[nH]1. The molecule has 2 nitrogen and oxygen atoms in total. The van der Waals surface area contributed by atoms with Gasteiger partial charge in [-0.1, -0.05) is 6.07 Å². The highest BCUT2D eigenvalue weighted by Crippen LogP contribution is 2.13. The highest BCUT2D eigenvalue weighted by atomic mass is 19.1. The largest absolute Gasteiger partial charge is 0.348 e. The number of aromatic nitrogens is 2. The van der Waals surface area contributed by atoms with Crippen LogP contribution in [0.15, 0.2) is 30.6 Å². The number of H-pyrrole nitrogens is 1. The van der Waals surface area contributed by atoms with Crippen molar-refractivity contribution in [2.45, 2.75) is 13.3 Å². The van der Waals surface area contributed by atoms with Crippen molar-refractivity contribution in [2.75, 3.05) is 0 Å². The van der Waals surface area contributed by atoms with Crippen molar-refractivity contribution in [1.82, 2.24) is 9.97 Å². The summed E-state index contributed by atoms with van der Waals surface area (Å²) in [7, 11) is 0. The van der Waals surface area contributed by atoms with Crippen molar-refractivity contribution in [3.05, 3.63) is 53.4 Å². The first-order valence-corrected chi connectivity index (χ1v) is 4.49. The lowest BCUT2D eigenvalue weighted by atomic mass is 10.1. The van der Waals surface area contributed by atoms with Gasteiger partial charge in [-0.3, -0.25) is 0 Å². The van der Waals surface area contributed by atoms with Crippen LogP contribution < -0.4 is 0 Å². The Balaban J connectivity index is 2.28. The topological polar surface area (TPSA) is 28.7 Å². The quantitative estimate of drug-likeness (QED) is 0.774. The number of hydrogen-bond donors (Lipinski definition) is 1. The minimum atomic E-state index is -0.197. The number of nitrogens with one attached hydrogen (secondary N) is 1. The molecule has 2 rings (SSSR count). The summed E-state index contributed by atoms with van der Waals surface area (Å²) in [5, 5.41) is 0. The van der Waals surface area contributed by atoms with Crippen LogP contribution in [0, 0.1) is 12.7 Å². The van der Waals surface area contributed by atoms with Crippen LogP contribution in [0.3, 0.4) is 0 Å². The lowest BCUT2D eigenvalue weighted by molar-refractivity contribution is 0.625. The van der Waals surface area contributed by atoms with Crippen molar-refractivity contribution in [2.24, 2.45) is 0 Å². The van der Waals surface area contributed by atoms with Crippen LogP contribution in [-0.2, 0) is 6.42 Å². The van der Waals surface area contributed by atoms with Crippen LogP contribution >= 0.6 is 0 Å². The Bertz CT molecular complexity index is 421. The second-order valence-electron chi connectivity index (χ2n) is 3.28. The zero-order chi connectivity index (χ0) is 9.97. The first-order chi connectivity index (χ1) is 6.75. The number of hydrogen-bond acceptors (Lipinski definition) is 1. The molecule has 0 amide bonds. The molecule has 72 valence electrons. The minimum Gasteiger partial charge on any atom is -0.348 e. The average molecular weight is 190 g/mol. The molecule has 0 saturated carbocycles. The third-order valence-electron chi connectivity index (χ3n) is 2.22. The molecule has 0 aliphatic carbocycles. The maximum Gasteiger partial charge on any atom is 0.123 e. The third-order valence-corrected chi connectivity index (χ3v) is 2.22. The fraction of sp³-hybridized carbons (Fsp3) is 0.182.